The van der Waals surface area contributed by atoms with Crippen LogP contribution in [-0.4, -0.2) is 20.7 Å². The Labute approximate surface area is 185 Å². The lowest BCUT2D eigenvalue weighted by atomic mass is 9.97. The quantitative estimate of drug-likeness (QED) is 0.486. The number of aromatic amines is 1. The Morgan fingerprint density at radius 1 is 1.12 bits per heavy atom. The van der Waals surface area contributed by atoms with Gasteiger partial charge in [-0.05, 0) is 54.7 Å². The monoisotopic (exact) mass is 432 g/mol. The van der Waals surface area contributed by atoms with E-state index < -0.39 is 6.04 Å². The molecule has 0 spiro atoms. The Morgan fingerprint density at radius 2 is 1.84 bits per heavy atom. The summed E-state index contributed by atoms with van der Waals surface area (Å²) < 4.78 is 15.3. The first-order chi connectivity index (χ1) is 15.3. The second-order valence-corrected chi connectivity index (χ2v) is 7.97. The maximum atomic E-state index is 13.9. The minimum Gasteiger partial charge on any atom is -0.345 e. The fourth-order valence-corrected chi connectivity index (χ4v) is 4.14. The molecule has 6 nitrogen and oxygen atoms in total. The van der Waals surface area contributed by atoms with Crippen molar-refractivity contribution in [2.45, 2.75) is 32.7 Å². The minimum absolute atomic E-state index is 0.133. The molecule has 0 aliphatic carbocycles. The first-order valence-corrected chi connectivity index (χ1v) is 10.5. The van der Waals surface area contributed by atoms with Crippen molar-refractivity contribution in [3.63, 3.8) is 0 Å². The number of H-pyrrole nitrogens is 1. The number of fused-ring (bicyclic) bond motifs is 1. The summed E-state index contributed by atoms with van der Waals surface area (Å²) in [5.74, 6) is -0.514. The van der Waals surface area contributed by atoms with Gasteiger partial charge in [-0.25, -0.2) is 9.37 Å². The lowest BCUT2D eigenvalue weighted by Gasteiger charge is -2.20. The van der Waals surface area contributed by atoms with Crippen LogP contribution in [0.15, 0.2) is 59.4 Å². The molecule has 4 aromatic rings. The summed E-state index contributed by atoms with van der Waals surface area (Å²) in [6.45, 7) is 3.77. The number of aromatic nitrogens is 3. The van der Waals surface area contributed by atoms with Crippen LogP contribution in [0.2, 0.25) is 0 Å². The molecule has 0 saturated heterocycles. The highest BCUT2D eigenvalue weighted by Gasteiger charge is 2.19. The molecule has 1 atom stereocenters. The number of pyridine rings is 1. The highest BCUT2D eigenvalue weighted by molar-refractivity contribution is 5.81. The molecule has 2 aromatic carbocycles. The van der Waals surface area contributed by atoms with E-state index in [0.29, 0.717) is 23.0 Å². The minimum atomic E-state index is -0.459. The standard InChI is InChI=1S/C25H25FN4O2/c1-15-20(16(2)27-24-22(15)25(32)30(3)29-24)12-13-21(31)28-23(17-8-5-4-6-9-17)18-10-7-11-19(26)14-18/h4-11,14,23H,12-13H2,1-3H3,(H,27,29)(H,28,31). The zero-order valence-electron chi connectivity index (χ0n) is 18.3. The Kier molecular flexibility index (Phi) is 5.90. The number of rotatable bonds is 6. The number of amides is 1. The normalized spacial score (nSPS) is 12.1. The molecule has 2 heterocycles. The number of hydrogen-bond acceptors (Lipinski definition) is 3. The molecule has 4 rings (SSSR count). The molecule has 2 aromatic heterocycles. The molecule has 0 bridgehead atoms. The maximum Gasteiger partial charge on any atom is 0.276 e. The Balaban J connectivity index is 1.57. The van der Waals surface area contributed by atoms with Crippen LogP contribution < -0.4 is 10.9 Å². The molecule has 1 amide bonds. The molecule has 2 N–H and O–H groups in total. The third kappa shape index (κ3) is 4.19. The summed E-state index contributed by atoms with van der Waals surface area (Å²) >= 11 is 0. The van der Waals surface area contributed by atoms with Crippen molar-refractivity contribution >= 4 is 16.9 Å². The molecular weight excluding hydrogens is 407 g/mol. The molecule has 0 aliphatic heterocycles. The smallest absolute Gasteiger partial charge is 0.276 e. The van der Waals surface area contributed by atoms with Gasteiger partial charge < -0.3 is 5.32 Å². The number of aryl methyl sites for hydroxylation is 3. The van der Waals surface area contributed by atoms with Gasteiger partial charge in [-0.3, -0.25) is 19.4 Å². The van der Waals surface area contributed by atoms with Crippen LogP contribution in [0.1, 0.15) is 40.4 Å². The highest BCUT2D eigenvalue weighted by Crippen LogP contribution is 2.24. The molecule has 7 heteroatoms. The Hall–Kier alpha value is -3.74. The van der Waals surface area contributed by atoms with Crippen LogP contribution in [0.25, 0.3) is 11.0 Å². The lowest BCUT2D eigenvalue weighted by Crippen LogP contribution is -2.29. The number of carbonyl (C=O) groups excluding carboxylic acids is 1. The average Bonchev–Trinajstić information content (AvgIpc) is 3.05. The molecule has 32 heavy (non-hydrogen) atoms. The SMILES string of the molecule is Cc1nc2[nH]n(C)c(=O)c2c(C)c1CCC(=O)NC(c1ccccc1)c1cccc(F)c1. The van der Waals surface area contributed by atoms with Gasteiger partial charge in [0.1, 0.15) is 5.82 Å². The Bertz CT molecular complexity index is 1340. The Morgan fingerprint density at radius 3 is 2.56 bits per heavy atom. The van der Waals surface area contributed by atoms with Gasteiger partial charge in [-0.1, -0.05) is 42.5 Å². The van der Waals surface area contributed by atoms with Crippen molar-refractivity contribution in [2.75, 3.05) is 0 Å². The van der Waals surface area contributed by atoms with Crippen molar-refractivity contribution in [1.82, 2.24) is 20.1 Å². The molecule has 0 fully saturated rings. The van der Waals surface area contributed by atoms with Gasteiger partial charge in [-0.15, -0.1) is 0 Å². The van der Waals surface area contributed by atoms with E-state index >= 15 is 0 Å². The summed E-state index contributed by atoms with van der Waals surface area (Å²) in [5.41, 5.74) is 4.49. The molecular formula is C25H25FN4O2. The van der Waals surface area contributed by atoms with Gasteiger partial charge in [0.25, 0.3) is 5.56 Å². The van der Waals surface area contributed by atoms with Gasteiger partial charge in [0.2, 0.25) is 5.91 Å². The fourth-order valence-electron chi connectivity index (χ4n) is 4.14. The topological polar surface area (TPSA) is 79.8 Å². The molecule has 0 saturated carbocycles. The maximum absolute atomic E-state index is 13.9. The van der Waals surface area contributed by atoms with Crippen LogP contribution in [0, 0.1) is 19.7 Å². The summed E-state index contributed by atoms with van der Waals surface area (Å²) in [6.07, 6.45) is 0.670. The third-order valence-corrected chi connectivity index (χ3v) is 5.80. The van der Waals surface area contributed by atoms with Crippen LogP contribution in [0.3, 0.4) is 0 Å². The number of carbonyl (C=O) groups is 1. The van der Waals surface area contributed by atoms with Crippen molar-refractivity contribution in [1.29, 1.82) is 0 Å². The molecule has 164 valence electrons. The van der Waals surface area contributed by atoms with E-state index in [2.05, 4.69) is 15.4 Å². The second kappa shape index (κ2) is 8.78. The van der Waals surface area contributed by atoms with E-state index in [9.17, 15) is 14.0 Å². The van der Waals surface area contributed by atoms with E-state index in [1.165, 1.54) is 16.8 Å². The van der Waals surface area contributed by atoms with Crippen LogP contribution in [0.4, 0.5) is 4.39 Å². The van der Waals surface area contributed by atoms with Gasteiger partial charge in [0.05, 0.1) is 11.4 Å². The van der Waals surface area contributed by atoms with Crippen molar-refractivity contribution in [3.05, 3.63) is 98.7 Å². The van der Waals surface area contributed by atoms with Crippen molar-refractivity contribution < 1.29 is 9.18 Å². The lowest BCUT2D eigenvalue weighted by molar-refractivity contribution is -0.121. The second-order valence-electron chi connectivity index (χ2n) is 7.97. The number of nitrogens with one attached hydrogen (secondary N) is 2. The van der Waals surface area contributed by atoms with E-state index in [-0.39, 0.29) is 23.7 Å². The number of hydrogen-bond donors (Lipinski definition) is 2. The summed E-state index contributed by atoms with van der Waals surface area (Å²) in [7, 11) is 1.65. The number of halogens is 1. The molecule has 1 unspecified atom stereocenters. The van der Waals surface area contributed by atoms with Gasteiger partial charge in [0.15, 0.2) is 5.65 Å². The highest BCUT2D eigenvalue weighted by atomic mass is 19.1. The first kappa shape index (κ1) is 21.5. The van der Waals surface area contributed by atoms with Crippen LogP contribution in [0.5, 0.6) is 0 Å². The number of nitrogens with zero attached hydrogens (tertiary/aromatic N) is 2. The molecule has 0 aliphatic rings. The first-order valence-electron chi connectivity index (χ1n) is 10.5. The molecule has 0 radical (unpaired) electrons. The third-order valence-electron chi connectivity index (χ3n) is 5.80. The van der Waals surface area contributed by atoms with Crippen LogP contribution >= 0.6 is 0 Å². The van der Waals surface area contributed by atoms with Crippen LogP contribution in [-0.2, 0) is 18.3 Å². The summed E-state index contributed by atoms with van der Waals surface area (Å²) in [4.78, 5) is 29.8. The number of benzene rings is 2. The predicted molar refractivity (Wildman–Crippen MR) is 122 cm³/mol. The van der Waals surface area contributed by atoms with Gasteiger partial charge in [-0.2, -0.15) is 0 Å². The van der Waals surface area contributed by atoms with E-state index in [1.807, 2.05) is 44.2 Å². The van der Waals surface area contributed by atoms with Crippen molar-refractivity contribution in [3.8, 4) is 0 Å². The summed E-state index contributed by atoms with van der Waals surface area (Å²) in [5, 5.41) is 6.54. The largest absolute Gasteiger partial charge is 0.345 e. The van der Waals surface area contributed by atoms with E-state index in [0.717, 1.165) is 22.4 Å². The van der Waals surface area contributed by atoms with E-state index in [4.69, 9.17) is 0 Å². The average molecular weight is 432 g/mol. The zero-order valence-corrected chi connectivity index (χ0v) is 18.3. The zero-order chi connectivity index (χ0) is 22.8. The fraction of sp³-hybridized carbons (Fsp3) is 0.240. The van der Waals surface area contributed by atoms with E-state index in [1.54, 1.807) is 19.2 Å². The predicted octanol–water partition coefficient (Wildman–Crippen LogP) is 3.86. The van der Waals surface area contributed by atoms with Crippen molar-refractivity contribution in [2.24, 2.45) is 7.05 Å². The van der Waals surface area contributed by atoms with Gasteiger partial charge >= 0.3 is 0 Å². The van der Waals surface area contributed by atoms with Gasteiger partial charge in [0, 0.05) is 19.2 Å². The summed E-state index contributed by atoms with van der Waals surface area (Å²) in [6, 6.07) is 15.3.